The molecule has 4 nitrogen and oxygen atoms in total. The predicted molar refractivity (Wildman–Crippen MR) is 65.8 cm³/mol. The molecule has 0 aliphatic carbocycles. The summed E-state index contributed by atoms with van der Waals surface area (Å²) in [5.41, 5.74) is 1.45. The van der Waals surface area contributed by atoms with Crippen molar-refractivity contribution in [3.05, 3.63) is 53.3 Å². The van der Waals surface area contributed by atoms with Crippen molar-refractivity contribution in [2.45, 2.75) is 6.54 Å². The molecule has 1 aromatic carbocycles. The third-order valence-corrected chi connectivity index (χ3v) is 2.91. The average molecular weight is 263 g/mol. The van der Waals surface area contributed by atoms with Gasteiger partial charge in [-0.25, -0.2) is 19.0 Å². The summed E-state index contributed by atoms with van der Waals surface area (Å²) in [5, 5.41) is 5.24. The maximum Gasteiger partial charge on any atom is 0.162 e. The number of halogens is 2. The van der Waals surface area contributed by atoms with Crippen LogP contribution in [0.1, 0.15) is 5.56 Å². The molecule has 0 N–H and O–H groups in total. The smallest absolute Gasteiger partial charge is 0.162 e. The van der Waals surface area contributed by atoms with Crippen LogP contribution in [0.5, 0.6) is 0 Å². The zero-order valence-electron chi connectivity index (χ0n) is 9.22. The first-order valence-corrected chi connectivity index (χ1v) is 5.68. The van der Waals surface area contributed by atoms with E-state index in [1.54, 1.807) is 16.9 Å². The number of hydrogen-bond donors (Lipinski definition) is 0. The Balaban J connectivity index is 2.03. The van der Waals surface area contributed by atoms with E-state index in [0.29, 0.717) is 22.7 Å². The number of aromatic nitrogens is 4. The molecule has 0 unspecified atom stereocenters. The van der Waals surface area contributed by atoms with Crippen LogP contribution >= 0.6 is 11.6 Å². The summed E-state index contributed by atoms with van der Waals surface area (Å²) in [6.07, 6.45) is 2.99. The van der Waals surface area contributed by atoms with Crippen LogP contribution in [0.3, 0.4) is 0 Å². The van der Waals surface area contributed by atoms with E-state index < -0.39 is 0 Å². The number of hydrogen-bond acceptors (Lipinski definition) is 3. The van der Waals surface area contributed by atoms with E-state index in [-0.39, 0.29) is 5.82 Å². The quantitative estimate of drug-likeness (QED) is 0.667. The molecule has 90 valence electrons. The van der Waals surface area contributed by atoms with Gasteiger partial charge in [0.1, 0.15) is 17.3 Å². The minimum atomic E-state index is -0.267. The van der Waals surface area contributed by atoms with Gasteiger partial charge in [0.2, 0.25) is 0 Å². The molecule has 0 atom stereocenters. The fraction of sp³-hybridized carbons (Fsp3) is 0.0833. The molecule has 2 aromatic heterocycles. The third kappa shape index (κ3) is 1.93. The molecule has 0 aliphatic rings. The highest BCUT2D eigenvalue weighted by Gasteiger charge is 2.08. The van der Waals surface area contributed by atoms with Gasteiger partial charge in [-0.05, 0) is 17.7 Å². The Kier molecular flexibility index (Phi) is 2.68. The summed E-state index contributed by atoms with van der Waals surface area (Å²) in [6, 6.07) is 6.37. The van der Waals surface area contributed by atoms with Crippen LogP contribution < -0.4 is 0 Å². The molecule has 3 aromatic rings. The third-order valence-electron chi connectivity index (χ3n) is 2.61. The Labute approximate surface area is 107 Å². The number of benzene rings is 1. The average Bonchev–Trinajstić information content (AvgIpc) is 2.74. The van der Waals surface area contributed by atoms with Crippen LogP contribution in [-0.4, -0.2) is 19.7 Å². The Morgan fingerprint density at radius 3 is 3.00 bits per heavy atom. The van der Waals surface area contributed by atoms with Gasteiger partial charge in [0.05, 0.1) is 18.1 Å². The zero-order valence-corrected chi connectivity index (χ0v) is 9.97. The van der Waals surface area contributed by atoms with Crippen molar-refractivity contribution in [2.75, 3.05) is 0 Å². The SMILES string of the molecule is Fc1cccc(Cn2ncc3c(Cl)ncnc32)c1. The molecule has 0 amide bonds. The first kappa shape index (κ1) is 11.1. The molecule has 6 heteroatoms. The summed E-state index contributed by atoms with van der Waals surface area (Å²) < 4.78 is 14.8. The van der Waals surface area contributed by atoms with Crippen LogP contribution in [0.25, 0.3) is 11.0 Å². The largest absolute Gasteiger partial charge is 0.243 e. The molecule has 0 fully saturated rings. The van der Waals surface area contributed by atoms with Crippen LogP contribution in [0.15, 0.2) is 36.8 Å². The molecule has 0 spiro atoms. The van der Waals surface area contributed by atoms with Gasteiger partial charge >= 0.3 is 0 Å². The van der Waals surface area contributed by atoms with Gasteiger partial charge in [-0.1, -0.05) is 23.7 Å². The van der Waals surface area contributed by atoms with E-state index >= 15 is 0 Å². The van der Waals surface area contributed by atoms with Gasteiger partial charge < -0.3 is 0 Å². The van der Waals surface area contributed by atoms with Gasteiger partial charge in [-0.2, -0.15) is 5.10 Å². The molecule has 0 aliphatic heterocycles. The van der Waals surface area contributed by atoms with E-state index in [4.69, 9.17) is 11.6 Å². The van der Waals surface area contributed by atoms with Crippen molar-refractivity contribution in [1.82, 2.24) is 19.7 Å². The summed E-state index contributed by atoms with van der Waals surface area (Å²) in [5.74, 6) is -0.267. The Hall–Kier alpha value is -2.01. The molecule has 0 saturated carbocycles. The molecular weight excluding hydrogens is 255 g/mol. The number of nitrogens with zero attached hydrogens (tertiary/aromatic N) is 4. The molecule has 0 saturated heterocycles. The van der Waals surface area contributed by atoms with Gasteiger partial charge in [0, 0.05) is 0 Å². The second-order valence-electron chi connectivity index (χ2n) is 3.83. The summed E-state index contributed by atoms with van der Waals surface area (Å²) in [4.78, 5) is 8.01. The highest BCUT2D eigenvalue weighted by Crippen LogP contribution is 2.19. The van der Waals surface area contributed by atoms with Gasteiger partial charge in [0.15, 0.2) is 5.65 Å². The van der Waals surface area contributed by atoms with Crippen molar-refractivity contribution < 1.29 is 4.39 Å². The van der Waals surface area contributed by atoms with Gasteiger partial charge in [-0.15, -0.1) is 0 Å². The minimum Gasteiger partial charge on any atom is -0.243 e. The maximum absolute atomic E-state index is 13.1. The van der Waals surface area contributed by atoms with E-state index in [0.717, 1.165) is 5.56 Å². The molecule has 0 radical (unpaired) electrons. The summed E-state index contributed by atoms with van der Waals surface area (Å²) in [6.45, 7) is 0.439. The van der Waals surface area contributed by atoms with Crippen molar-refractivity contribution >= 4 is 22.6 Å². The summed E-state index contributed by atoms with van der Waals surface area (Å²) in [7, 11) is 0. The lowest BCUT2D eigenvalue weighted by Crippen LogP contribution is -2.02. The van der Waals surface area contributed by atoms with Crippen LogP contribution in [0, 0.1) is 5.82 Å². The molecule has 2 heterocycles. The van der Waals surface area contributed by atoms with Crippen molar-refractivity contribution in [3.8, 4) is 0 Å². The van der Waals surface area contributed by atoms with Crippen molar-refractivity contribution in [3.63, 3.8) is 0 Å². The van der Waals surface area contributed by atoms with E-state index in [2.05, 4.69) is 15.1 Å². The fourth-order valence-electron chi connectivity index (χ4n) is 1.79. The summed E-state index contributed by atoms with van der Waals surface area (Å²) >= 11 is 5.93. The lowest BCUT2D eigenvalue weighted by atomic mass is 10.2. The Morgan fingerprint density at radius 1 is 1.28 bits per heavy atom. The molecular formula is C12H8ClFN4. The monoisotopic (exact) mass is 262 g/mol. The van der Waals surface area contributed by atoms with Crippen LogP contribution in [0.2, 0.25) is 5.15 Å². The minimum absolute atomic E-state index is 0.267. The lowest BCUT2D eigenvalue weighted by molar-refractivity contribution is 0.620. The standard InChI is InChI=1S/C12H8ClFN4/c13-11-10-5-17-18(12(10)16-7-15-11)6-8-2-1-3-9(14)4-8/h1-5,7H,6H2. The molecule has 3 rings (SSSR count). The van der Waals surface area contributed by atoms with Crippen LogP contribution in [0.4, 0.5) is 4.39 Å². The van der Waals surface area contributed by atoms with Crippen molar-refractivity contribution in [2.24, 2.45) is 0 Å². The Morgan fingerprint density at radius 2 is 2.17 bits per heavy atom. The first-order chi connectivity index (χ1) is 8.74. The van der Waals surface area contributed by atoms with Crippen LogP contribution in [-0.2, 0) is 6.54 Å². The molecule has 0 bridgehead atoms. The van der Waals surface area contributed by atoms with E-state index in [1.807, 2.05) is 6.07 Å². The van der Waals surface area contributed by atoms with Gasteiger partial charge in [0.25, 0.3) is 0 Å². The van der Waals surface area contributed by atoms with Crippen molar-refractivity contribution in [1.29, 1.82) is 0 Å². The van der Waals surface area contributed by atoms with E-state index in [9.17, 15) is 4.39 Å². The number of rotatable bonds is 2. The Bertz CT molecular complexity index is 710. The predicted octanol–water partition coefficient (Wildman–Crippen LogP) is 2.67. The van der Waals surface area contributed by atoms with Gasteiger partial charge in [-0.3, -0.25) is 0 Å². The second-order valence-corrected chi connectivity index (χ2v) is 4.19. The normalized spacial score (nSPS) is 11.0. The highest BCUT2D eigenvalue weighted by atomic mass is 35.5. The topological polar surface area (TPSA) is 43.6 Å². The first-order valence-electron chi connectivity index (χ1n) is 5.30. The second kappa shape index (κ2) is 4.34. The number of fused-ring (bicyclic) bond motifs is 1. The highest BCUT2D eigenvalue weighted by molar-refractivity contribution is 6.33. The fourth-order valence-corrected chi connectivity index (χ4v) is 1.97. The molecule has 18 heavy (non-hydrogen) atoms. The maximum atomic E-state index is 13.1. The lowest BCUT2D eigenvalue weighted by Gasteiger charge is -2.03. The zero-order chi connectivity index (χ0) is 12.5. The van der Waals surface area contributed by atoms with E-state index in [1.165, 1.54) is 18.5 Å².